The van der Waals surface area contributed by atoms with Crippen LogP contribution < -0.4 is 5.32 Å². The summed E-state index contributed by atoms with van der Waals surface area (Å²) in [6, 6.07) is 7.30. The predicted octanol–water partition coefficient (Wildman–Crippen LogP) is 8.89. The molecule has 1 aromatic rings. The maximum Gasteiger partial charge on any atom is 0.305 e. The van der Waals surface area contributed by atoms with Crippen LogP contribution in [0, 0.1) is 28.6 Å². The lowest BCUT2D eigenvalue weighted by Gasteiger charge is -2.48. The van der Waals surface area contributed by atoms with Crippen LogP contribution in [0.4, 0.5) is 0 Å². The fraction of sp³-hybridized carbons (Fsp3) is 0.659. The second kappa shape index (κ2) is 16.1. The van der Waals surface area contributed by atoms with Crippen molar-refractivity contribution in [2.75, 3.05) is 13.2 Å². The average Bonchev–Trinajstić information content (AvgIpc) is 3.29. The minimum Gasteiger partial charge on any atom is -0.498 e. The number of amides is 2. The Hall–Kier alpha value is -3.42. The van der Waals surface area contributed by atoms with Gasteiger partial charge in [-0.05, 0) is 97.8 Å². The van der Waals surface area contributed by atoms with Crippen LogP contribution in [0.15, 0.2) is 53.2 Å². The largest absolute Gasteiger partial charge is 0.498 e. The summed E-state index contributed by atoms with van der Waals surface area (Å²) < 4.78 is 6.20. The summed E-state index contributed by atoms with van der Waals surface area (Å²) >= 11 is 0. The number of rotatable bonds is 14. The standard InChI is InChI=1S/C41H61N3O5/c1-28(2)11-10-26-49-33-13-9-12-31(27-33)36-38(48)44(41(43-36)23-18-32(19-24-41)40(6,7)8)34(20-22-39(3,4)5)29-14-16-30(17-15-29)37(47)42-25-21-35(45)46/h9,12-17,28,31-32,34H,10-11,18-27H2,1-8H3,(H,42,47)(H,45,46). The van der Waals surface area contributed by atoms with Crippen LogP contribution in [-0.4, -0.2) is 52.3 Å². The molecular weight excluding hydrogens is 614 g/mol. The highest BCUT2D eigenvalue weighted by Gasteiger charge is 2.53. The highest BCUT2D eigenvalue weighted by Crippen LogP contribution is 2.50. The molecule has 49 heavy (non-hydrogen) atoms. The zero-order valence-corrected chi connectivity index (χ0v) is 31.3. The number of nitrogens with one attached hydrogen (secondary N) is 1. The summed E-state index contributed by atoms with van der Waals surface area (Å²) in [7, 11) is 0. The Bertz CT molecular complexity index is 1400. The predicted molar refractivity (Wildman–Crippen MR) is 196 cm³/mol. The molecule has 2 atom stereocenters. The van der Waals surface area contributed by atoms with Gasteiger partial charge in [0.15, 0.2) is 0 Å². The third-order valence-electron chi connectivity index (χ3n) is 10.5. The quantitative estimate of drug-likeness (QED) is 0.192. The molecule has 0 radical (unpaired) electrons. The topological polar surface area (TPSA) is 108 Å². The van der Waals surface area contributed by atoms with E-state index in [1.807, 2.05) is 24.3 Å². The smallest absolute Gasteiger partial charge is 0.305 e. The first-order chi connectivity index (χ1) is 23.0. The molecule has 4 rings (SSSR count). The number of benzene rings is 1. The fourth-order valence-corrected chi connectivity index (χ4v) is 7.51. The molecule has 1 spiro atoms. The second-order valence-corrected chi connectivity index (χ2v) is 17.1. The highest BCUT2D eigenvalue weighted by atomic mass is 16.5. The summed E-state index contributed by atoms with van der Waals surface area (Å²) in [6.45, 7) is 18.8. The number of nitrogens with zero attached hydrogens (tertiary/aromatic N) is 2. The van der Waals surface area contributed by atoms with E-state index in [0.29, 0.717) is 36.1 Å². The van der Waals surface area contributed by atoms with Gasteiger partial charge in [-0.25, -0.2) is 0 Å². The molecule has 0 saturated heterocycles. The van der Waals surface area contributed by atoms with Crippen molar-refractivity contribution in [2.45, 2.75) is 131 Å². The molecule has 2 amide bonds. The van der Waals surface area contributed by atoms with Gasteiger partial charge in [0.1, 0.15) is 11.4 Å². The van der Waals surface area contributed by atoms with Crippen molar-refractivity contribution in [3.05, 3.63) is 59.4 Å². The number of hydrogen-bond donors (Lipinski definition) is 2. The van der Waals surface area contributed by atoms with Crippen LogP contribution >= 0.6 is 0 Å². The Balaban J connectivity index is 1.65. The van der Waals surface area contributed by atoms with E-state index in [0.717, 1.165) is 62.7 Å². The van der Waals surface area contributed by atoms with Crippen molar-refractivity contribution in [2.24, 2.45) is 33.6 Å². The number of carbonyl (C=O) groups excluding carboxylic acids is 2. The summed E-state index contributed by atoms with van der Waals surface area (Å²) in [5, 5.41) is 11.6. The van der Waals surface area contributed by atoms with Crippen LogP contribution in [0.1, 0.15) is 142 Å². The SMILES string of the molecule is CC(C)CCCOC1=CC=CC(C2=NC3(CCC(C(C)(C)C)CC3)N(C(CCC(C)(C)C)c3ccc(C(=O)NCCC(=O)O)cc3)C2=O)C1. The van der Waals surface area contributed by atoms with Gasteiger partial charge in [0.05, 0.1) is 24.8 Å². The first-order valence-corrected chi connectivity index (χ1v) is 18.5. The van der Waals surface area contributed by atoms with Crippen molar-refractivity contribution < 1.29 is 24.2 Å². The van der Waals surface area contributed by atoms with E-state index in [1.165, 1.54) is 0 Å². The van der Waals surface area contributed by atoms with E-state index in [9.17, 15) is 14.4 Å². The van der Waals surface area contributed by atoms with Crippen molar-refractivity contribution >= 4 is 23.5 Å². The van der Waals surface area contributed by atoms with Crippen LogP contribution in [0.2, 0.25) is 0 Å². The monoisotopic (exact) mass is 675 g/mol. The molecule has 8 nitrogen and oxygen atoms in total. The van der Waals surface area contributed by atoms with Crippen molar-refractivity contribution in [3.8, 4) is 0 Å². The summed E-state index contributed by atoms with van der Waals surface area (Å²) in [5.74, 6) is 0.727. The molecule has 270 valence electrons. The third-order valence-corrected chi connectivity index (χ3v) is 10.5. The van der Waals surface area contributed by atoms with Crippen LogP contribution in [-0.2, 0) is 14.3 Å². The first-order valence-electron chi connectivity index (χ1n) is 18.5. The van der Waals surface area contributed by atoms with Gasteiger partial charge >= 0.3 is 5.97 Å². The van der Waals surface area contributed by atoms with Crippen LogP contribution in [0.3, 0.4) is 0 Å². The Labute approximate surface area is 294 Å². The lowest BCUT2D eigenvalue weighted by atomic mass is 9.69. The lowest BCUT2D eigenvalue weighted by molar-refractivity contribution is -0.137. The van der Waals surface area contributed by atoms with E-state index in [1.54, 1.807) is 12.1 Å². The van der Waals surface area contributed by atoms with E-state index in [-0.39, 0.29) is 47.6 Å². The normalized spacial score (nSPS) is 23.4. The molecule has 1 heterocycles. The number of aliphatic carboxylic acids is 1. The number of carbonyl (C=O) groups is 3. The Morgan fingerprint density at radius 1 is 1.06 bits per heavy atom. The van der Waals surface area contributed by atoms with Crippen LogP contribution in [0.25, 0.3) is 0 Å². The number of carboxylic acid groups (broad SMARTS) is 1. The summed E-state index contributed by atoms with van der Waals surface area (Å²) in [4.78, 5) is 46.2. The minimum atomic E-state index is -0.954. The first kappa shape index (κ1) is 38.4. The van der Waals surface area contributed by atoms with Gasteiger partial charge in [-0.2, -0.15) is 0 Å². The van der Waals surface area contributed by atoms with Crippen molar-refractivity contribution in [1.29, 1.82) is 0 Å². The Morgan fingerprint density at radius 2 is 1.73 bits per heavy atom. The second-order valence-electron chi connectivity index (χ2n) is 17.1. The van der Waals surface area contributed by atoms with E-state index >= 15 is 0 Å². The highest BCUT2D eigenvalue weighted by molar-refractivity contribution is 6.41. The molecule has 0 aromatic heterocycles. The maximum absolute atomic E-state index is 14.9. The van der Waals surface area contributed by atoms with Gasteiger partial charge in [-0.1, -0.05) is 79.7 Å². The van der Waals surface area contributed by atoms with Gasteiger partial charge in [-0.15, -0.1) is 0 Å². The van der Waals surface area contributed by atoms with Gasteiger partial charge in [0.25, 0.3) is 11.8 Å². The molecular formula is C41H61N3O5. The van der Waals surface area contributed by atoms with E-state index < -0.39 is 11.6 Å². The Morgan fingerprint density at radius 3 is 2.33 bits per heavy atom. The molecule has 1 saturated carbocycles. The zero-order chi connectivity index (χ0) is 36.0. The van der Waals surface area contributed by atoms with Gasteiger partial charge in [-0.3, -0.25) is 19.4 Å². The van der Waals surface area contributed by atoms with Gasteiger partial charge in [0, 0.05) is 24.4 Å². The summed E-state index contributed by atoms with van der Waals surface area (Å²) in [6.07, 6.45) is 14.1. The molecule has 2 N–H and O–H groups in total. The molecule has 1 fully saturated rings. The van der Waals surface area contributed by atoms with Gasteiger partial charge < -0.3 is 20.1 Å². The molecule has 1 aromatic carbocycles. The number of allylic oxidation sites excluding steroid dienone is 4. The van der Waals surface area contributed by atoms with E-state index in [2.05, 4.69) is 71.7 Å². The van der Waals surface area contributed by atoms with Crippen LogP contribution in [0.5, 0.6) is 0 Å². The van der Waals surface area contributed by atoms with E-state index in [4.69, 9.17) is 14.8 Å². The summed E-state index contributed by atoms with van der Waals surface area (Å²) in [5.41, 5.74) is 1.72. The molecule has 8 heteroatoms. The lowest BCUT2D eigenvalue weighted by Crippen LogP contribution is -2.51. The molecule has 1 aliphatic heterocycles. The Kier molecular flexibility index (Phi) is 12.6. The number of carboxylic acids is 1. The number of hydrogen-bond acceptors (Lipinski definition) is 5. The van der Waals surface area contributed by atoms with Crippen molar-refractivity contribution in [1.82, 2.24) is 10.2 Å². The number of aliphatic imine (C=N–C) groups is 1. The molecule has 2 unspecified atom stereocenters. The molecule has 0 bridgehead atoms. The maximum atomic E-state index is 14.9. The fourth-order valence-electron chi connectivity index (χ4n) is 7.51. The number of ether oxygens (including phenoxy) is 1. The zero-order valence-electron chi connectivity index (χ0n) is 31.3. The van der Waals surface area contributed by atoms with Crippen molar-refractivity contribution in [3.63, 3.8) is 0 Å². The molecule has 2 aliphatic carbocycles. The van der Waals surface area contributed by atoms with Gasteiger partial charge in [0.2, 0.25) is 0 Å². The average molecular weight is 676 g/mol. The minimum absolute atomic E-state index is 0.0133. The molecule has 3 aliphatic rings. The third kappa shape index (κ3) is 10.3.